The molecule has 0 spiro atoms. The maximum absolute atomic E-state index is 13.7. The maximum Gasteiger partial charge on any atom is 0.280 e. The van der Waals surface area contributed by atoms with E-state index in [0.29, 0.717) is 10.0 Å². The first-order chi connectivity index (χ1) is 16.3. The van der Waals surface area contributed by atoms with E-state index in [9.17, 15) is 23.6 Å². The van der Waals surface area contributed by atoms with E-state index in [0.717, 1.165) is 17.1 Å². The van der Waals surface area contributed by atoms with Crippen molar-refractivity contribution in [3.8, 4) is 0 Å². The van der Waals surface area contributed by atoms with Crippen LogP contribution in [0.15, 0.2) is 72.8 Å². The highest BCUT2D eigenvalue weighted by Gasteiger charge is 2.46. The van der Waals surface area contributed by atoms with Gasteiger partial charge in [0, 0.05) is 22.0 Å². The van der Waals surface area contributed by atoms with Crippen LogP contribution in [0.2, 0.25) is 5.02 Å². The van der Waals surface area contributed by atoms with Crippen molar-refractivity contribution in [1.29, 1.82) is 0 Å². The molecule has 0 bridgehead atoms. The van der Waals surface area contributed by atoms with Gasteiger partial charge in [0.05, 0.1) is 11.1 Å². The van der Waals surface area contributed by atoms with Gasteiger partial charge in [0.1, 0.15) is 11.9 Å². The predicted molar refractivity (Wildman–Crippen MR) is 124 cm³/mol. The summed E-state index contributed by atoms with van der Waals surface area (Å²) in [6.07, 6.45) is -0.0650. The smallest absolute Gasteiger partial charge is 0.280 e. The van der Waals surface area contributed by atoms with Crippen LogP contribution in [0, 0.1) is 5.82 Å². The summed E-state index contributed by atoms with van der Waals surface area (Å²) in [5.41, 5.74) is 0.426. The van der Waals surface area contributed by atoms with E-state index in [2.05, 4.69) is 0 Å². The van der Waals surface area contributed by atoms with Gasteiger partial charge >= 0.3 is 0 Å². The molecule has 4 rings (SSSR count). The molecule has 172 valence electrons. The summed E-state index contributed by atoms with van der Waals surface area (Å²) >= 11 is 11.9. The predicted octanol–water partition coefficient (Wildman–Crippen LogP) is 5.01. The SMILES string of the molecule is O=C(c1ccc(F)cc1)[C@H](CCCl)N(C(=O)c1ccc(Cl)cc1)N1C(=O)c2ccccc2C1=O. The molecule has 0 saturated heterocycles. The molecular formula is C25H17Cl2FN2O4. The van der Waals surface area contributed by atoms with Gasteiger partial charge in [-0.05, 0) is 67.1 Å². The van der Waals surface area contributed by atoms with Crippen LogP contribution >= 0.6 is 23.2 Å². The van der Waals surface area contributed by atoms with Crippen LogP contribution in [-0.2, 0) is 0 Å². The van der Waals surface area contributed by atoms with Crippen LogP contribution in [0.25, 0.3) is 0 Å². The average Bonchev–Trinajstić information content (AvgIpc) is 3.09. The van der Waals surface area contributed by atoms with Gasteiger partial charge in [0.25, 0.3) is 17.7 Å². The van der Waals surface area contributed by atoms with Crippen molar-refractivity contribution in [2.75, 3.05) is 5.88 Å². The van der Waals surface area contributed by atoms with E-state index in [1.165, 1.54) is 48.5 Å². The Morgan fingerprint density at radius 3 is 1.91 bits per heavy atom. The van der Waals surface area contributed by atoms with Crippen molar-refractivity contribution >= 4 is 46.7 Å². The van der Waals surface area contributed by atoms with Gasteiger partial charge < -0.3 is 0 Å². The Kier molecular flexibility index (Phi) is 6.77. The second kappa shape index (κ2) is 9.75. The van der Waals surface area contributed by atoms with E-state index in [4.69, 9.17) is 23.2 Å². The lowest BCUT2D eigenvalue weighted by atomic mass is 10.0. The number of alkyl halides is 1. The van der Waals surface area contributed by atoms with Crippen LogP contribution in [0.4, 0.5) is 4.39 Å². The summed E-state index contributed by atoms with van der Waals surface area (Å²) in [4.78, 5) is 53.6. The molecule has 34 heavy (non-hydrogen) atoms. The number of hydrogen-bond acceptors (Lipinski definition) is 4. The van der Waals surface area contributed by atoms with Crippen molar-refractivity contribution < 1.29 is 23.6 Å². The lowest BCUT2D eigenvalue weighted by Crippen LogP contribution is -2.57. The number of imide groups is 1. The molecule has 3 aromatic rings. The molecule has 1 atom stereocenters. The fraction of sp³-hybridized carbons (Fsp3) is 0.120. The second-order valence-electron chi connectivity index (χ2n) is 7.49. The summed E-state index contributed by atoms with van der Waals surface area (Å²) in [6.45, 7) is 0. The lowest BCUT2D eigenvalue weighted by Gasteiger charge is -2.36. The minimum absolute atomic E-state index is 0.0504. The molecule has 1 aliphatic rings. The minimum atomic E-state index is -1.31. The summed E-state index contributed by atoms with van der Waals surface area (Å²) in [5, 5.41) is 1.91. The quantitative estimate of drug-likeness (QED) is 0.260. The Bertz CT molecular complexity index is 1240. The van der Waals surface area contributed by atoms with Crippen molar-refractivity contribution in [2.45, 2.75) is 12.5 Å². The molecule has 9 heteroatoms. The van der Waals surface area contributed by atoms with Crippen LogP contribution < -0.4 is 0 Å². The third-order valence-corrected chi connectivity index (χ3v) is 5.87. The molecule has 3 amide bonds. The van der Waals surface area contributed by atoms with Crippen LogP contribution in [0.3, 0.4) is 0 Å². The zero-order valence-corrected chi connectivity index (χ0v) is 19.1. The molecular weight excluding hydrogens is 482 g/mol. The number of ketones is 1. The summed E-state index contributed by atoms with van der Waals surface area (Å²) in [5.74, 6) is -3.44. The van der Waals surface area contributed by atoms with E-state index in [1.807, 2.05) is 0 Å². The third kappa shape index (κ3) is 4.32. The number of halogens is 3. The van der Waals surface area contributed by atoms with Gasteiger partial charge in [-0.1, -0.05) is 23.7 Å². The number of Topliss-reactive ketones (excluding diaryl/α,β-unsaturated/α-hetero) is 1. The van der Waals surface area contributed by atoms with Gasteiger partial charge in [-0.25, -0.2) is 9.40 Å². The Morgan fingerprint density at radius 1 is 0.853 bits per heavy atom. The number of carbonyl (C=O) groups is 4. The van der Waals surface area contributed by atoms with E-state index in [-0.39, 0.29) is 34.6 Å². The number of rotatable bonds is 7. The number of carbonyl (C=O) groups excluding carboxylic acids is 4. The Labute approximate surface area is 204 Å². The van der Waals surface area contributed by atoms with Crippen LogP contribution in [0.1, 0.15) is 47.9 Å². The number of amides is 3. The van der Waals surface area contributed by atoms with Crippen molar-refractivity contribution in [3.05, 3.63) is 106 Å². The van der Waals surface area contributed by atoms with Gasteiger partial charge in [-0.3, -0.25) is 19.2 Å². The molecule has 3 aromatic carbocycles. The number of hydrogen-bond donors (Lipinski definition) is 0. The zero-order chi connectivity index (χ0) is 24.4. The lowest BCUT2D eigenvalue weighted by molar-refractivity contribution is -0.00961. The number of benzene rings is 3. The number of nitrogens with zero attached hydrogens (tertiary/aromatic N) is 2. The fourth-order valence-corrected chi connectivity index (χ4v) is 4.08. The summed E-state index contributed by atoms with van der Waals surface area (Å²) in [6, 6.07) is 15.4. The molecule has 0 saturated carbocycles. The first kappa shape index (κ1) is 23.6. The molecule has 0 N–H and O–H groups in total. The number of fused-ring (bicyclic) bond motifs is 1. The first-order valence-corrected chi connectivity index (χ1v) is 11.2. The number of hydrazine groups is 1. The summed E-state index contributed by atoms with van der Waals surface area (Å²) in [7, 11) is 0. The molecule has 0 unspecified atom stereocenters. The van der Waals surface area contributed by atoms with E-state index >= 15 is 0 Å². The standard InChI is InChI=1S/C25H17Cl2FN2O4/c26-14-13-21(22(31)15-7-11-18(28)12-8-15)29(23(32)16-5-9-17(27)10-6-16)30-24(33)19-3-1-2-4-20(19)25(30)34/h1-12,21H,13-14H2/t21-/m0/s1. The molecule has 0 radical (unpaired) electrons. The molecule has 6 nitrogen and oxygen atoms in total. The van der Waals surface area contributed by atoms with Crippen molar-refractivity contribution in [2.24, 2.45) is 0 Å². The topological polar surface area (TPSA) is 74.8 Å². The monoisotopic (exact) mass is 498 g/mol. The first-order valence-electron chi connectivity index (χ1n) is 10.3. The normalized spacial score (nSPS) is 13.6. The summed E-state index contributed by atoms with van der Waals surface area (Å²) < 4.78 is 13.4. The van der Waals surface area contributed by atoms with E-state index < -0.39 is 35.4 Å². The average molecular weight is 499 g/mol. The second-order valence-corrected chi connectivity index (χ2v) is 8.30. The van der Waals surface area contributed by atoms with Gasteiger partial charge in [-0.2, -0.15) is 5.01 Å². The minimum Gasteiger partial charge on any atom is -0.292 e. The van der Waals surface area contributed by atoms with Gasteiger partial charge in [0.15, 0.2) is 5.78 Å². The third-order valence-electron chi connectivity index (χ3n) is 5.40. The highest BCUT2D eigenvalue weighted by Crippen LogP contribution is 2.29. The van der Waals surface area contributed by atoms with Crippen molar-refractivity contribution in [1.82, 2.24) is 10.0 Å². The van der Waals surface area contributed by atoms with Gasteiger partial charge in [0.2, 0.25) is 0 Å². The highest BCUT2D eigenvalue weighted by molar-refractivity contribution is 6.30. The van der Waals surface area contributed by atoms with Crippen LogP contribution in [-0.4, -0.2) is 45.4 Å². The molecule has 0 fully saturated rings. The Morgan fingerprint density at radius 2 is 1.38 bits per heavy atom. The van der Waals surface area contributed by atoms with Crippen molar-refractivity contribution in [3.63, 3.8) is 0 Å². The molecule has 1 heterocycles. The van der Waals surface area contributed by atoms with Crippen LogP contribution in [0.5, 0.6) is 0 Å². The molecule has 0 aromatic heterocycles. The zero-order valence-electron chi connectivity index (χ0n) is 17.6. The molecule has 1 aliphatic heterocycles. The largest absolute Gasteiger partial charge is 0.292 e. The Balaban J connectivity index is 1.84. The molecule has 0 aliphatic carbocycles. The van der Waals surface area contributed by atoms with Gasteiger partial charge in [-0.15, -0.1) is 11.6 Å². The van der Waals surface area contributed by atoms with E-state index in [1.54, 1.807) is 12.1 Å². The Hall–Kier alpha value is -3.55. The highest BCUT2D eigenvalue weighted by atomic mass is 35.5. The maximum atomic E-state index is 13.7. The fourth-order valence-electron chi connectivity index (χ4n) is 3.74.